The van der Waals surface area contributed by atoms with Crippen molar-refractivity contribution in [1.82, 2.24) is 9.13 Å². The highest BCUT2D eigenvalue weighted by Crippen LogP contribution is 2.41. The fraction of sp³-hybridized carbons (Fsp3) is 0.0323. The Hall–Kier alpha value is -4.30. The van der Waals surface area contributed by atoms with Gasteiger partial charge in [0.15, 0.2) is 0 Å². The van der Waals surface area contributed by atoms with Crippen LogP contribution in [0.2, 0.25) is 0 Å². The molecular weight excluding hydrogens is 400 g/mol. The molecule has 2 nitrogen and oxygen atoms in total. The van der Waals surface area contributed by atoms with E-state index in [2.05, 4.69) is 131 Å². The summed E-state index contributed by atoms with van der Waals surface area (Å²) in [5, 5.41) is 5.15. The molecule has 0 fully saturated rings. The first kappa shape index (κ1) is 18.3. The summed E-state index contributed by atoms with van der Waals surface area (Å²) in [6.45, 7) is 2.17. The smallest absolute Gasteiger partial charge is 0.0641 e. The summed E-state index contributed by atoms with van der Waals surface area (Å²) >= 11 is 0. The molecule has 33 heavy (non-hydrogen) atoms. The van der Waals surface area contributed by atoms with Gasteiger partial charge in [-0.15, -0.1) is 0 Å². The van der Waals surface area contributed by atoms with Gasteiger partial charge in [0.25, 0.3) is 0 Å². The molecule has 5 aromatic carbocycles. The highest BCUT2D eigenvalue weighted by atomic mass is 15.0. The van der Waals surface area contributed by atoms with Crippen LogP contribution >= 0.6 is 0 Å². The molecule has 7 aromatic rings. The van der Waals surface area contributed by atoms with Gasteiger partial charge in [0, 0.05) is 32.9 Å². The molecule has 0 aliphatic rings. The lowest BCUT2D eigenvalue weighted by molar-refractivity contribution is 1.17. The summed E-state index contributed by atoms with van der Waals surface area (Å²) in [5.74, 6) is 0. The van der Waals surface area contributed by atoms with Crippen LogP contribution in [0.15, 0.2) is 115 Å². The zero-order valence-corrected chi connectivity index (χ0v) is 18.4. The molecular formula is C31H22N2. The molecule has 2 heterocycles. The molecule has 0 aliphatic carbocycles. The molecule has 0 spiro atoms. The Balaban J connectivity index is 1.77. The van der Waals surface area contributed by atoms with E-state index >= 15 is 0 Å². The maximum absolute atomic E-state index is 2.45. The van der Waals surface area contributed by atoms with Crippen molar-refractivity contribution in [1.29, 1.82) is 0 Å². The third-order valence-corrected chi connectivity index (χ3v) is 6.75. The van der Waals surface area contributed by atoms with E-state index in [1.165, 1.54) is 60.5 Å². The van der Waals surface area contributed by atoms with Gasteiger partial charge in [0.1, 0.15) is 0 Å². The minimum absolute atomic E-state index is 1.18. The Bertz CT molecular complexity index is 1800. The van der Waals surface area contributed by atoms with Gasteiger partial charge in [0.05, 0.1) is 22.1 Å². The highest BCUT2D eigenvalue weighted by Gasteiger charge is 2.20. The lowest BCUT2D eigenvalue weighted by atomic mass is 10.1. The number of aromatic nitrogens is 2. The van der Waals surface area contributed by atoms with E-state index in [1.807, 2.05) is 0 Å². The van der Waals surface area contributed by atoms with Crippen molar-refractivity contribution >= 4 is 43.6 Å². The molecule has 0 N–H and O–H groups in total. The van der Waals surface area contributed by atoms with E-state index in [-0.39, 0.29) is 0 Å². The predicted molar refractivity (Wildman–Crippen MR) is 140 cm³/mol. The first-order chi connectivity index (χ1) is 16.3. The number of rotatable bonds is 2. The van der Waals surface area contributed by atoms with Crippen molar-refractivity contribution in [2.75, 3.05) is 0 Å². The van der Waals surface area contributed by atoms with Crippen molar-refractivity contribution in [2.45, 2.75) is 6.92 Å². The summed E-state index contributed by atoms with van der Waals surface area (Å²) in [6.07, 6.45) is 0. The Morgan fingerprint density at radius 1 is 0.455 bits per heavy atom. The van der Waals surface area contributed by atoms with Crippen LogP contribution in [0.25, 0.3) is 55.0 Å². The Morgan fingerprint density at radius 3 is 1.85 bits per heavy atom. The summed E-state index contributed by atoms with van der Waals surface area (Å²) < 4.78 is 4.84. The summed E-state index contributed by atoms with van der Waals surface area (Å²) in [6, 6.07) is 41.6. The number of nitrogens with zero attached hydrogens (tertiary/aromatic N) is 2. The Morgan fingerprint density at radius 2 is 1.09 bits per heavy atom. The lowest BCUT2D eigenvalue weighted by Gasteiger charge is -2.10. The summed E-state index contributed by atoms with van der Waals surface area (Å²) in [5.41, 5.74) is 8.61. The van der Waals surface area contributed by atoms with E-state index in [9.17, 15) is 0 Å². The summed E-state index contributed by atoms with van der Waals surface area (Å²) in [4.78, 5) is 0. The molecule has 2 aromatic heterocycles. The topological polar surface area (TPSA) is 9.86 Å². The number of fused-ring (bicyclic) bond motifs is 7. The van der Waals surface area contributed by atoms with Crippen molar-refractivity contribution < 1.29 is 0 Å². The van der Waals surface area contributed by atoms with Gasteiger partial charge < -0.3 is 9.13 Å². The lowest BCUT2D eigenvalue weighted by Crippen LogP contribution is -1.95. The number of hydrogen-bond donors (Lipinski definition) is 0. The fourth-order valence-electron chi connectivity index (χ4n) is 5.37. The van der Waals surface area contributed by atoms with Crippen LogP contribution in [0.5, 0.6) is 0 Å². The van der Waals surface area contributed by atoms with Gasteiger partial charge in [-0.2, -0.15) is 0 Å². The van der Waals surface area contributed by atoms with Gasteiger partial charge in [-0.25, -0.2) is 0 Å². The maximum atomic E-state index is 2.45. The SMILES string of the molecule is Cc1ccc2c3ccc4c(c5ccccc5n4-c4ccccc4)c3n(-c3ccccc3)c2c1. The predicted octanol–water partition coefficient (Wildman–Crippen LogP) is 8.19. The Kier molecular flexibility index (Phi) is 3.80. The molecule has 0 unspecified atom stereocenters. The molecule has 0 saturated carbocycles. The van der Waals surface area contributed by atoms with E-state index < -0.39 is 0 Å². The second-order valence-corrected chi connectivity index (χ2v) is 8.74. The average molecular weight is 423 g/mol. The largest absolute Gasteiger partial charge is 0.309 e. The molecule has 0 radical (unpaired) electrons. The normalized spacial score (nSPS) is 11.8. The van der Waals surface area contributed by atoms with Crippen molar-refractivity contribution in [3.05, 3.63) is 121 Å². The second-order valence-electron chi connectivity index (χ2n) is 8.74. The molecule has 156 valence electrons. The van der Waals surface area contributed by atoms with Gasteiger partial charge >= 0.3 is 0 Å². The van der Waals surface area contributed by atoms with Crippen LogP contribution in [-0.2, 0) is 0 Å². The number of aryl methyl sites for hydroxylation is 1. The molecule has 7 rings (SSSR count). The number of hydrogen-bond acceptors (Lipinski definition) is 0. The van der Waals surface area contributed by atoms with E-state index in [0.29, 0.717) is 0 Å². The van der Waals surface area contributed by atoms with Crippen LogP contribution in [0.1, 0.15) is 5.56 Å². The molecule has 0 amide bonds. The van der Waals surface area contributed by atoms with Crippen molar-refractivity contribution in [2.24, 2.45) is 0 Å². The third kappa shape index (κ3) is 2.55. The van der Waals surface area contributed by atoms with E-state index in [1.54, 1.807) is 0 Å². The monoisotopic (exact) mass is 422 g/mol. The van der Waals surface area contributed by atoms with Crippen molar-refractivity contribution in [3.63, 3.8) is 0 Å². The first-order valence-corrected chi connectivity index (χ1v) is 11.4. The van der Waals surface area contributed by atoms with Gasteiger partial charge in [0.2, 0.25) is 0 Å². The average Bonchev–Trinajstić information content (AvgIpc) is 3.37. The maximum Gasteiger partial charge on any atom is 0.0641 e. The zero-order valence-electron chi connectivity index (χ0n) is 18.4. The van der Waals surface area contributed by atoms with Crippen LogP contribution in [0.3, 0.4) is 0 Å². The van der Waals surface area contributed by atoms with Crippen molar-refractivity contribution in [3.8, 4) is 11.4 Å². The minimum atomic E-state index is 1.18. The molecule has 0 atom stereocenters. The van der Waals surface area contributed by atoms with Gasteiger partial charge in [-0.1, -0.05) is 72.8 Å². The fourth-order valence-corrected chi connectivity index (χ4v) is 5.37. The molecule has 0 aliphatic heterocycles. The first-order valence-electron chi connectivity index (χ1n) is 11.4. The van der Waals surface area contributed by atoms with Crippen LogP contribution in [-0.4, -0.2) is 9.13 Å². The quantitative estimate of drug-likeness (QED) is 0.266. The van der Waals surface area contributed by atoms with Crippen LogP contribution < -0.4 is 0 Å². The van der Waals surface area contributed by atoms with Gasteiger partial charge in [-0.05, 0) is 55.0 Å². The van der Waals surface area contributed by atoms with Gasteiger partial charge in [-0.3, -0.25) is 0 Å². The zero-order chi connectivity index (χ0) is 21.9. The number of para-hydroxylation sites is 3. The summed E-state index contributed by atoms with van der Waals surface area (Å²) in [7, 11) is 0. The second kappa shape index (κ2) is 6.85. The van der Waals surface area contributed by atoms with Crippen LogP contribution in [0, 0.1) is 6.92 Å². The third-order valence-electron chi connectivity index (χ3n) is 6.75. The van der Waals surface area contributed by atoms with E-state index in [0.717, 1.165) is 0 Å². The Labute approximate surface area is 191 Å². The highest BCUT2D eigenvalue weighted by molar-refractivity contribution is 6.26. The standard InChI is InChI=1S/C31H22N2/c1-21-16-17-24-25-18-19-28-30(31(25)33(29(24)20-21)23-12-6-3-7-13-23)26-14-8-9-15-27(26)32(28)22-10-4-2-5-11-22/h2-20H,1H3. The molecule has 2 heteroatoms. The number of benzene rings is 5. The molecule has 0 saturated heterocycles. The van der Waals surface area contributed by atoms with E-state index in [4.69, 9.17) is 0 Å². The molecule has 0 bridgehead atoms. The minimum Gasteiger partial charge on any atom is -0.309 e. The van der Waals surface area contributed by atoms with Crippen LogP contribution in [0.4, 0.5) is 0 Å².